The molecule has 0 amide bonds. The number of rotatable bonds is 3. The zero-order chi connectivity index (χ0) is 15.0. The van der Waals surface area contributed by atoms with Crippen LogP contribution in [0.2, 0.25) is 0 Å². The molecule has 1 aromatic carbocycles. The van der Waals surface area contributed by atoms with E-state index in [1.54, 1.807) is 20.8 Å². The molecule has 114 valence electrons. The predicted octanol–water partition coefficient (Wildman–Crippen LogP) is 2.89. The van der Waals surface area contributed by atoms with Crippen molar-refractivity contribution in [2.45, 2.75) is 32.9 Å². The van der Waals surface area contributed by atoms with Crippen molar-refractivity contribution >= 4 is 34.0 Å². The van der Waals surface area contributed by atoms with Gasteiger partial charge in [0.25, 0.3) is 0 Å². The lowest BCUT2D eigenvalue weighted by Crippen LogP contribution is -2.37. The number of nitro benzene ring substituents is 1. The van der Waals surface area contributed by atoms with Crippen LogP contribution in [0.5, 0.6) is 5.75 Å². The van der Waals surface area contributed by atoms with Crippen molar-refractivity contribution < 1.29 is 15.1 Å². The topological polar surface area (TPSA) is 110 Å². The highest BCUT2D eigenvalue weighted by atomic mass is 79.9. The number of nitrogens with two attached hydrogens (primary N) is 1. The molecule has 0 saturated heterocycles. The molecule has 0 fully saturated rings. The van der Waals surface area contributed by atoms with Crippen molar-refractivity contribution in [1.29, 1.82) is 0 Å². The van der Waals surface area contributed by atoms with Gasteiger partial charge in [0, 0.05) is 16.1 Å². The molecule has 0 aromatic heterocycles. The maximum atomic E-state index is 10.8. The summed E-state index contributed by atoms with van der Waals surface area (Å²) in [5.41, 5.74) is 5.10. The Morgan fingerprint density at radius 2 is 1.90 bits per heavy atom. The first-order chi connectivity index (χ1) is 8.55. The van der Waals surface area contributed by atoms with E-state index in [1.165, 1.54) is 12.1 Å². The summed E-state index contributed by atoms with van der Waals surface area (Å²) in [6.07, 6.45) is -0.952. The van der Waals surface area contributed by atoms with Crippen molar-refractivity contribution in [2.75, 3.05) is 0 Å². The third-order valence-electron chi connectivity index (χ3n) is 2.87. The van der Waals surface area contributed by atoms with Crippen LogP contribution in [0.25, 0.3) is 0 Å². The van der Waals surface area contributed by atoms with Gasteiger partial charge in [0.05, 0.1) is 17.1 Å². The quantitative estimate of drug-likeness (QED) is 0.560. The van der Waals surface area contributed by atoms with Gasteiger partial charge >= 0.3 is 5.69 Å². The third kappa shape index (κ3) is 4.05. The maximum absolute atomic E-state index is 10.8. The van der Waals surface area contributed by atoms with E-state index >= 15 is 0 Å². The van der Waals surface area contributed by atoms with Gasteiger partial charge in [-0.2, -0.15) is 0 Å². The van der Waals surface area contributed by atoms with Gasteiger partial charge < -0.3 is 15.9 Å². The Balaban J connectivity index is 0.00000361. The minimum Gasteiger partial charge on any atom is -0.502 e. The SMILES string of the molecule is CC(C)(C)[C@@H](O)[C@@H](N)c1cc(Br)cc([N+](=O)[O-])c1O.Cl. The van der Waals surface area contributed by atoms with E-state index in [4.69, 9.17) is 5.73 Å². The number of aromatic hydroxyl groups is 1. The van der Waals surface area contributed by atoms with Crippen LogP contribution < -0.4 is 5.73 Å². The van der Waals surface area contributed by atoms with Gasteiger partial charge in [-0.05, 0) is 11.5 Å². The number of nitro groups is 1. The van der Waals surface area contributed by atoms with E-state index in [9.17, 15) is 20.3 Å². The molecule has 0 aliphatic heterocycles. The summed E-state index contributed by atoms with van der Waals surface area (Å²) in [4.78, 5) is 10.1. The van der Waals surface area contributed by atoms with Gasteiger partial charge in [-0.3, -0.25) is 10.1 Å². The number of hydrogen-bond acceptors (Lipinski definition) is 5. The van der Waals surface area contributed by atoms with E-state index in [0.717, 1.165) is 0 Å². The molecule has 0 heterocycles. The van der Waals surface area contributed by atoms with Gasteiger partial charge in [-0.1, -0.05) is 36.7 Å². The molecule has 8 heteroatoms. The van der Waals surface area contributed by atoms with Crippen molar-refractivity contribution in [3.05, 3.63) is 32.3 Å². The second-order valence-corrected chi connectivity index (χ2v) is 6.37. The summed E-state index contributed by atoms with van der Waals surface area (Å²) in [5, 5.41) is 30.9. The Kier molecular flexibility index (Phi) is 6.41. The number of aliphatic hydroxyl groups is 1. The molecule has 1 aromatic rings. The van der Waals surface area contributed by atoms with Crippen LogP contribution in [0.15, 0.2) is 16.6 Å². The van der Waals surface area contributed by atoms with Crippen molar-refractivity contribution in [3.63, 3.8) is 0 Å². The number of nitrogens with zero attached hydrogens (tertiary/aromatic N) is 1. The van der Waals surface area contributed by atoms with Crippen molar-refractivity contribution in [2.24, 2.45) is 11.1 Å². The van der Waals surface area contributed by atoms with E-state index in [1.807, 2.05) is 0 Å². The number of phenols is 1. The Labute approximate surface area is 131 Å². The number of halogens is 2. The molecule has 0 spiro atoms. The molecule has 0 bridgehead atoms. The predicted molar refractivity (Wildman–Crippen MR) is 82.1 cm³/mol. The Morgan fingerprint density at radius 3 is 2.30 bits per heavy atom. The summed E-state index contributed by atoms with van der Waals surface area (Å²) in [5.74, 6) is -0.510. The lowest BCUT2D eigenvalue weighted by molar-refractivity contribution is -0.386. The Morgan fingerprint density at radius 1 is 1.40 bits per heavy atom. The zero-order valence-corrected chi connectivity index (χ0v) is 13.7. The van der Waals surface area contributed by atoms with Crippen LogP contribution in [-0.2, 0) is 0 Å². The molecular formula is C12H18BrClN2O4. The highest BCUT2D eigenvalue weighted by molar-refractivity contribution is 9.10. The van der Waals surface area contributed by atoms with Gasteiger partial charge in [-0.15, -0.1) is 12.4 Å². The molecule has 0 radical (unpaired) electrons. The molecule has 0 saturated carbocycles. The molecule has 6 nitrogen and oxygen atoms in total. The van der Waals surface area contributed by atoms with Crippen LogP contribution in [0.1, 0.15) is 32.4 Å². The minimum atomic E-state index is -0.952. The molecule has 1 rings (SSSR count). The number of hydrogen-bond donors (Lipinski definition) is 3. The molecule has 0 aliphatic carbocycles. The molecule has 20 heavy (non-hydrogen) atoms. The first-order valence-electron chi connectivity index (χ1n) is 5.66. The summed E-state index contributed by atoms with van der Waals surface area (Å²) in [6, 6.07) is 1.74. The summed E-state index contributed by atoms with van der Waals surface area (Å²) in [6.45, 7) is 5.38. The van der Waals surface area contributed by atoms with Crippen LogP contribution in [0.3, 0.4) is 0 Å². The maximum Gasteiger partial charge on any atom is 0.312 e. The second kappa shape index (κ2) is 6.71. The molecule has 4 N–H and O–H groups in total. The first-order valence-corrected chi connectivity index (χ1v) is 6.45. The van der Waals surface area contributed by atoms with E-state index in [-0.39, 0.29) is 18.0 Å². The standard InChI is InChI=1S/C12H17BrN2O4.ClH/c1-12(2,3)11(17)9(14)7-4-6(13)5-8(10(7)16)15(18)19;/h4-5,9,11,16-17H,14H2,1-3H3;1H/t9-,11-;/m0./s1. The van der Waals surface area contributed by atoms with Crippen LogP contribution >= 0.6 is 28.3 Å². The van der Waals surface area contributed by atoms with Gasteiger partial charge in [0.1, 0.15) is 0 Å². The summed E-state index contributed by atoms with van der Waals surface area (Å²) >= 11 is 3.13. The average Bonchev–Trinajstić information content (AvgIpc) is 2.28. The lowest BCUT2D eigenvalue weighted by atomic mass is 9.82. The molecule has 0 unspecified atom stereocenters. The van der Waals surface area contributed by atoms with Gasteiger partial charge in [0.15, 0.2) is 5.75 Å². The van der Waals surface area contributed by atoms with Gasteiger partial charge in [-0.25, -0.2) is 0 Å². The average molecular weight is 370 g/mol. The first kappa shape index (κ1) is 19.1. The van der Waals surface area contributed by atoms with Crippen LogP contribution in [0.4, 0.5) is 5.69 Å². The smallest absolute Gasteiger partial charge is 0.312 e. The molecular weight excluding hydrogens is 351 g/mol. The second-order valence-electron chi connectivity index (χ2n) is 5.46. The highest BCUT2D eigenvalue weighted by Crippen LogP contribution is 2.39. The van der Waals surface area contributed by atoms with Gasteiger partial charge in [0.2, 0.25) is 0 Å². The monoisotopic (exact) mass is 368 g/mol. The van der Waals surface area contributed by atoms with Crippen molar-refractivity contribution in [3.8, 4) is 5.75 Å². The van der Waals surface area contributed by atoms with Crippen molar-refractivity contribution in [1.82, 2.24) is 0 Å². The zero-order valence-electron chi connectivity index (χ0n) is 11.3. The molecule has 2 atom stereocenters. The number of phenolic OH excluding ortho intramolecular Hbond substituents is 1. The summed E-state index contributed by atoms with van der Waals surface area (Å²) in [7, 11) is 0. The number of benzene rings is 1. The minimum absolute atomic E-state index is 0. The Hall–Kier alpha value is -0.890. The fourth-order valence-electron chi connectivity index (χ4n) is 1.71. The van der Waals surface area contributed by atoms with E-state index in [2.05, 4.69) is 15.9 Å². The summed E-state index contributed by atoms with van der Waals surface area (Å²) < 4.78 is 0.420. The normalized spacial score (nSPS) is 14.3. The Bertz CT molecular complexity index is 505. The van der Waals surface area contributed by atoms with Crippen LogP contribution in [-0.4, -0.2) is 21.2 Å². The van der Waals surface area contributed by atoms with E-state index < -0.39 is 33.9 Å². The molecule has 0 aliphatic rings. The largest absolute Gasteiger partial charge is 0.502 e. The van der Waals surface area contributed by atoms with Crippen LogP contribution in [0, 0.1) is 15.5 Å². The fraction of sp³-hybridized carbons (Fsp3) is 0.500. The third-order valence-corrected chi connectivity index (χ3v) is 3.33. The highest BCUT2D eigenvalue weighted by Gasteiger charge is 2.32. The lowest BCUT2D eigenvalue weighted by Gasteiger charge is -2.31. The number of aliphatic hydroxyl groups excluding tert-OH is 1. The fourth-order valence-corrected chi connectivity index (χ4v) is 2.17. The van der Waals surface area contributed by atoms with E-state index in [0.29, 0.717) is 4.47 Å².